The average Bonchev–Trinajstić information content (AvgIpc) is 3.23. The van der Waals surface area contributed by atoms with E-state index in [0.717, 1.165) is 4.90 Å². The standard InChI is InChI=1S/C21H20N2O7/c1-20-15(25)10-21(30-20,8-9-24)17-16(20)18(26)22(19(17)27)13-6-7-14(23(28)29)12-5-3-2-4-11(12)13/h2-7,15-17,24-25H,8-10H2,1H3. The maximum Gasteiger partial charge on any atom is 0.277 e. The minimum absolute atomic E-state index is 0.115. The van der Waals surface area contributed by atoms with Crippen molar-refractivity contribution in [2.24, 2.45) is 11.8 Å². The number of imide groups is 1. The van der Waals surface area contributed by atoms with Gasteiger partial charge >= 0.3 is 0 Å². The van der Waals surface area contributed by atoms with Crippen molar-refractivity contribution >= 4 is 34.0 Å². The van der Waals surface area contributed by atoms with Crippen LogP contribution < -0.4 is 4.90 Å². The van der Waals surface area contributed by atoms with Gasteiger partial charge in [-0.25, -0.2) is 4.90 Å². The Morgan fingerprint density at radius 2 is 1.83 bits per heavy atom. The molecule has 0 saturated carbocycles. The van der Waals surface area contributed by atoms with Crippen LogP contribution in [0, 0.1) is 22.0 Å². The van der Waals surface area contributed by atoms with Gasteiger partial charge in [0.2, 0.25) is 11.8 Å². The Kier molecular flexibility index (Phi) is 3.86. The molecular formula is C21H20N2O7. The molecule has 2 aromatic rings. The second-order valence-corrected chi connectivity index (χ2v) is 8.42. The molecule has 5 unspecified atom stereocenters. The Labute approximate surface area is 171 Å². The molecule has 2 bridgehead atoms. The number of aliphatic hydroxyl groups is 2. The number of anilines is 1. The van der Waals surface area contributed by atoms with E-state index < -0.39 is 45.9 Å². The first kappa shape index (κ1) is 19.1. The van der Waals surface area contributed by atoms with E-state index in [-0.39, 0.29) is 30.8 Å². The molecule has 0 aromatic heterocycles. The summed E-state index contributed by atoms with van der Waals surface area (Å²) in [7, 11) is 0. The van der Waals surface area contributed by atoms with Crippen molar-refractivity contribution in [3.05, 3.63) is 46.5 Å². The van der Waals surface area contributed by atoms with E-state index in [9.17, 15) is 29.9 Å². The summed E-state index contributed by atoms with van der Waals surface area (Å²) in [5.41, 5.74) is -2.17. The fourth-order valence-electron chi connectivity index (χ4n) is 5.67. The quantitative estimate of drug-likeness (QED) is 0.442. The highest BCUT2D eigenvalue weighted by molar-refractivity contribution is 6.26. The number of fused-ring (bicyclic) bond motifs is 6. The number of carbonyl (C=O) groups excluding carboxylic acids is 2. The predicted octanol–water partition coefficient (Wildman–Crippen LogP) is 1.53. The average molecular weight is 412 g/mol. The summed E-state index contributed by atoms with van der Waals surface area (Å²) in [4.78, 5) is 39.0. The Morgan fingerprint density at radius 1 is 1.17 bits per heavy atom. The fraction of sp³-hybridized carbons (Fsp3) is 0.429. The number of rotatable bonds is 4. The van der Waals surface area contributed by atoms with Crippen molar-refractivity contribution in [2.75, 3.05) is 11.5 Å². The van der Waals surface area contributed by atoms with E-state index in [2.05, 4.69) is 0 Å². The number of aliphatic hydroxyl groups excluding tert-OH is 2. The molecule has 30 heavy (non-hydrogen) atoms. The summed E-state index contributed by atoms with van der Waals surface area (Å²) in [5.74, 6) is -2.66. The molecular weight excluding hydrogens is 392 g/mol. The SMILES string of the molecule is CC12OC(CCO)(CC1O)C1C(=O)N(c3ccc([N+](=O)[O-])c4ccccc34)C(=O)C12. The highest BCUT2D eigenvalue weighted by atomic mass is 16.6. The van der Waals surface area contributed by atoms with Crippen LogP contribution in [-0.4, -0.2) is 50.9 Å². The molecule has 0 radical (unpaired) electrons. The lowest BCUT2D eigenvalue weighted by molar-refractivity contribution is -0.383. The molecule has 5 atom stereocenters. The van der Waals surface area contributed by atoms with E-state index in [0.29, 0.717) is 10.8 Å². The van der Waals surface area contributed by atoms with E-state index >= 15 is 0 Å². The van der Waals surface area contributed by atoms with E-state index in [4.69, 9.17) is 4.74 Å². The fourth-order valence-corrected chi connectivity index (χ4v) is 5.67. The number of benzene rings is 2. The Bertz CT molecular complexity index is 1120. The zero-order valence-corrected chi connectivity index (χ0v) is 16.1. The summed E-state index contributed by atoms with van der Waals surface area (Å²) in [5, 5.41) is 32.3. The number of hydrogen-bond donors (Lipinski definition) is 2. The van der Waals surface area contributed by atoms with Crippen LogP contribution in [0.25, 0.3) is 10.8 Å². The Balaban J connectivity index is 1.67. The van der Waals surface area contributed by atoms with Crippen LogP contribution in [0.15, 0.2) is 36.4 Å². The van der Waals surface area contributed by atoms with Crippen molar-refractivity contribution < 1.29 is 29.5 Å². The summed E-state index contributed by atoms with van der Waals surface area (Å²) in [6, 6.07) is 9.26. The van der Waals surface area contributed by atoms with Gasteiger partial charge in [0.1, 0.15) is 5.60 Å². The van der Waals surface area contributed by atoms with Crippen LogP contribution >= 0.6 is 0 Å². The second kappa shape index (κ2) is 6.07. The van der Waals surface area contributed by atoms with Gasteiger partial charge in [-0.3, -0.25) is 19.7 Å². The Morgan fingerprint density at radius 3 is 2.50 bits per heavy atom. The first-order chi connectivity index (χ1) is 14.2. The third kappa shape index (κ3) is 2.17. The topological polar surface area (TPSA) is 130 Å². The van der Waals surface area contributed by atoms with Crippen molar-refractivity contribution in [2.45, 2.75) is 37.1 Å². The minimum Gasteiger partial charge on any atom is -0.396 e. The number of carbonyl (C=O) groups is 2. The molecule has 5 rings (SSSR count). The summed E-state index contributed by atoms with van der Waals surface area (Å²) in [6.45, 7) is 1.39. The minimum atomic E-state index is -1.22. The number of nitro benzene ring substituents is 1. The lowest BCUT2D eigenvalue weighted by Crippen LogP contribution is -2.49. The molecule has 3 fully saturated rings. The number of nitrogens with zero attached hydrogens (tertiary/aromatic N) is 2. The van der Waals surface area contributed by atoms with E-state index in [1.165, 1.54) is 12.1 Å². The highest BCUT2D eigenvalue weighted by Crippen LogP contribution is 2.62. The lowest BCUT2D eigenvalue weighted by Gasteiger charge is -2.33. The van der Waals surface area contributed by atoms with Gasteiger partial charge in [-0.2, -0.15) is 0 Å². The first-order valence-corrected chi connectivity index (χ1v) is 9.78. The summed E-state index contributed by atoms with van der Waals surface area (Å²) in [6.07, 6.45) is -0.635. The first-order valence-electron chi connectivity index (χ1n) is 9.78. The normalized spacial score (nSPS) is 34.8. The second-order valence-electron chi connectivity index (χ2n) is 8.42. The molecule has 2 aromatic carbocycles. The zero-order chi connectivity index (χ0) is 21.4. The van der Waals surface area contributed by atoms with Crippen molar-refractivity contribution in [1.29, 1.82) is 0 Å². The smallest absolute Gasteiger partial charge is 0.277 e. The molecule has 156 valence electrons. The van der Waals surface area contributed by atoms with E-state index in [1.54, 1.807) is 31.2 Å². The largest absolute Gasteiger partial charge is 0.396 e. The number of hydrogen-bond acceptors (Lipinski definition) is 7. The highest BCUT2D eigenvalue weighted by Gasteiger charge is 2.76. The van der Waals surface area contributed by atoms with Gasteiger partial charge in [0, 0.05) is 30.9 Å². The molecule has 3 saturated heterocycles. The number of nitro groups is 1. The van der Waals surface area contributed by atoms with Gasteiger partial charge in [-0.05, 0) is 19.1 Å². The zero-order valence-electron chi connectivity index (χ0n) is 16.1. The lowest BCUT2D eigenvalue weighted by atomic mass is 9.66. The molecule has 0 aliphatic carbocycles. The molecule has 9 heteroatoms. The van der Waals surface area contributed by atoms with Gasteiger partial charge in [0.05, 0.1) is 39.5 Å². The van der Waals surface area contributed by atoms with Crippen LogP contribution in [-0.2, 0) is 14.3 Å². The van der Waals surface area contributed by atoms with Crippen LogP contribution in [0.1, 0.15) is 19.8 Å². The molecule has 2 N–H and O–H groups in total. The Hall–Kier alpha value is -2.88. The number of ether oxygens (including phenoxy) is 1. The molecule has 2 amide bonds. The van der Waals surface area contributed by atoms with Crippen LogP contribution in [0.5, 0.6) is 0 Å². The van der Waals surface area contributed by atoms with Crippen molar-refractivity contribution in [1.82, 2.24) is 0 Å². The molecule has 3 heterocycles. The predicted molar refractivity (Wildman–Crippen MR) is 105 cm³/mol. The van der Waals surface area contributed by atoms with Gasteiger partial charge in [0.15, 0.2) is 0 Å². The van der Waals surface area contributed by atoms with Crippen LogP contribution in [0.2, 0.25) is 0 Å². The summed E-state index contributed by atoms with van der Waals surface area (Å²) < 4.78 is 6.06. The molecule has 3 aliphatic heterocycles. The van der Waals surface area contributed by atoms with E-state index in [1.807, 2.05) is 0 Å². The van der Waals surface area contributed by atoms with Crippen LogP contribution in [0.4, 0.5) is 11.4 Å². The van der Waals surface area contributed by atoms with Gasteiger partial charge < -0.3 is 14.9 Å². The van der Waals surface area contributed by atoms with Crippen LogP contribution in [0.3, 0.4) is 0 Å². The number of amides is 2. The van der Waals surface area contributed by atoms with Gasteiger partial charge in [0.25, 0.3) is 5.69 Å². The van der Waals surface area contributed by atoms with Crippen molar-refractivity contribution in [3.63, 3.8) is 0 Å². The molecule has 9 nitrogen and oxygen atoms in total. The molecule has 0 spiro atoms. The van der Waals surface area contributed by atoms with Gasteiger partial charge in [-0.15, -0.1) is 0 Å². The van der Waals surface area contributed by atoms with Gasteiger partial charge in [-0.1, -0.05) is 18.2 Å². The van der Waals surface area contributed by atoms with Crippen molar-refractivity contribution in [3.8, 4) is 0 Å². The summed E-state index contributed by atoms with van der Waals surface area (Å²) >= 11 is 0. The maximum atomic E-state index is 13.5. The third-order valence-corrected chi connectivity index (χ3v) is 6.96. The monoisotopic (exact) mass is 412 g/mol. The molecule has 3 aliphatic rings. The number of non-ortho nitro benzene ring substituents is 1. The third-order valence-electron chi connectivity index (χ3n) is 6.96. The maximum absolute atomic E-state index is 13.5.